The Morgan fingerprint density at radius 1 is 0.810 bits per heavy atom. The Morgan fingerprint density at radius 3 is 1.64 bits per heavy atom. The lowest BCUT2D eigenvalue weighted by Gasteiger charge is -2.39. The molecule has 0 spiro atoms. The van der Waals surface area contributed by atoms with Gasteiger partial charge in [0.25, 0.3) is 0 Å². The van der Waals surface area contributed by atoms with Crippen LogP contribution in [0.2, 0.25) is 12.1 Å². The second-order valence-corrected chi connectivity index (χ2v) is 19.2. The third-order valence-electron chi connectivity index (χ3n) is 8.58. The fourth-order valence-corrected chi connectivity index (χ4v) is 10.1. The fraction of sp³-hybridized carbons (Fsp3) is 0.294. The second-order valence-electron chi connectivity index (χ2n) is 10.9. The molecule has 1 fully saturated rings. The molecule has 2 aromatic carbocycles. The van der Waals surface area contributed by atoms with Gasteiger partial charge in [-0.25, -0.2) is 9.59 Å². The second kappa shape index (κ2) is 14.2. The number of benzene rings is 2. The van der Waals surface area contributed by atoms with Gasteiger partial charge in [-0.3, -0.25) is 9.78 Å². The molecule has 0 amide bonds. The van der Waals surface area contributed by atoms with Gasteiger partial charge in [0.15, 0.2) is 0 Å². The van der Waals surface area contributed by atoms with E-state index in [1.54, 1.807) is 24.3 Å². The van der Waals surface area contributed by atoms with Crippen LogP contribution in [0.25, 0.3) is 0 Å². The first kappa shape index (κ1) is 33.2. The Kier molecular flexibility index (Phi) is 11.3. The maximum Gasteiger partial charge on any atom is 0.373 e. The van der Waals surface area contributed by atoms with Crippen LogP contribution in [0.5, 0.6) is 0 Å². The van der Waals surface area contributed by atoms with Gasteiger partial charge in [-0.2, -0.15) is 9.78 Å². The van der Waals surface area contributed by atoms with Gasteiger partial charge in [0.2, 0.25) is 0 Å². The quantitative estimate of drug-likeness (QED) is 0.142. The maximum atomic E-state index is 12.8. The molecule has 2 radical (unpaired) electrons. The number of rotatable bonds is 14. The SMILES string of the molecule is [CH2]C1CCC([CH2])(OOC(=O)c2ccc([Si](C=C)(C=C)CC)cc2)C(OOC(=O)c2ccc([Si](C=C)(C=C)CC)cc2)C1. The van der Waals surface area contributed by atoms with Crippen molar-refractivity contribution in [2.24, 2.45) is 5.92 Å². The molecule has 3 atom stereocenters. The molecule has 0 N–H and O–H groups in total. The standard InChI is InChI=1S/C34H42O6Si2/c1-9-41(10-2,11-3)29-19-15-27(16-20-29)32(35)38-37-31-25-26(7)23-24-34(31,8)40-39-33(36)28-17-21-30(22-18-28)42(12-4,13-5)14-6/h9-10,12-13,15-22,26,31H,1-2,4-5,7-8,11,14,23-25H2,3,6H3. The average Bonchev–Trinajstić information content (AvgIpc) is 3.03. The molecule has 0 aromatic heterocycles. The van der Waals surface area contributed by atoms with Crippen molar-refractivity contribution in [2.75, 3.05) is 0 Å². The molecular formula is C34H42O6Si2. The Balaban J connectivity index is 1.66. The van der Waals surface area contributed by atoms with Crippen LogP contribution in [-0.2, 0) is 19.6 Å². The minimum Gasteiger partial charge on any atom is -0.292 e. The van der Waals surface area contributed by atoms with Crippen LogP contribution in [0.3, 0.4) is 0 Å². The molecule has 0 bridgehead atoms. The summed E-state index contributed by atoms with van der Waals surface area (Å²) in [6, 6.07) is 16.3. The monoisotopic (exact) mass is 602 g/mol. The highest BCUT2D eigenvalue weighted by atomic mass is 28.3. The summed E-state index contributed by atoms with van der Waals surface area (Å²) in [7, 11) is -4.04. The first-order valence-corrected chi connectivity index (χ1v) is 19.0. The van der Waals surface area contributed by atoms with Gasteiger partial charge in [-0.1, -0.05) is 78.2 Å². The van der Waals surface area contributed by atoms with Gasteiger partial charge in [0, 0.05) is 0 Å². The van der Waals surface area contributed by atoms with Crippen molar-refractivity contribution in [3.05, 3.63) is 123 Å². The van der Waals surface area contributed by atoms with Gasteiger partial charge >= 0.3 is 11.9 Å². The molecule has 222 valence electrons. The van der Waals surface area contributed by atoms with Crippen molar-refractivity contribution in [3.63, 3.8) is 0 Å². The minimum absolute atomic E-state index is 0.0253. The number of carbonyl (C=O) groups excluding carboxylic acids is 2. The van der Waals surface area contributed by atoms with Gasteiger partial charge in [0.05, 0.1) is 11.1 Å². The molecule has 8 heteroatoms. The highest BCUT2D eigenvalue weighted by molar-refractivity contribution is 7.00. The lowest BCUT2D eigenvalue weighted by atomic mass is 9.78. The highest BCUT2D eigenvalue weighted by Crippen LogP contribution is 2.37. The first-order chi connectivity index (χ1) is 20.1. The predicted octanol–water partition coefficient (Wildman–Crippen LogP) is 6.39. The van der Waals surface area contributed by atoms with E-state index in [1.807, 2.05) is 47.1 Å². The summed E-state index contributed by atoms with van der Waals surface area (Å²) in [5.74, 6) is -1.29. The number of hydrogen-bond donors (Lipinski definition) is 0. The molecule has 0 saturated heterocycles. The number of hydrogen-bond acceptors (Lipinski definition) is 6. The van der Waals surface area contributed by atoms with Crippen molar-refractivity contribution in [1.82, 2.24) is 0 Å². The van der Waals surface area contributed by atoms with E-state index in [2.05, 4.69) is 54.0 Å². The molecule has 1 aliphatic carbocycles. The van der Waals surface area contributed by atoms with E-state index in [-0.39, 0.29) is 5.92 Å². The van der Waals surface area contributed by atoms with E-state index in [0.717, 1.165) is 22.5 Å². The van der Waals surface area contributed by atoms with Crippen LogP contribution in [0.4, 0.5) is 0 Å². The normalized spacial score (nSPS) is 20.7. The van der Waals surface area contributed by atoms with E-state index in [9.17, 15) is 9.59 Å². The minimum atomic E-state index is -2.02. The van der Waals surface area contributed by atoms with E-state index >= 15 is 0 Å². The number of carbonyl (C=O) groups is 2. The van der Waals surface area contributed by atoms with Crippen molar-refractivity contribution < 1.29 is 29.1 Å². The zero-order valence-electron chi connectivity index (χ0n) is 24.8. The van der Waals surface area contributed by atoms with Gasteiger partial charge in [-0.05, 0) is 68.5 Å². The molecule has 0 aliphatic heterocycles. The van der Waals surface area contributed by atoms with Gasteiger partial charge in [-0.15, -0.1) is 26.3 Å². The lowest BCUT2D eigenvalue weighted by molar-refractivity contribution is -0.380. The highest BCUT2D eigenvalue weighted by Gasteiger charge is 2.45. The van der Waals surface area contributed by atoms with Crippen molar-refractivity contribution in [2.45, 2.75) is 56.9 Å². The molecule has 42 heavy (non-hydrogen) atoms. The molecule has 3 rings (SSSR count). The van der Waals surface area contributed by atoms with Gasteiger partial charge < -0.3 is 0 Å². The zero-order chi connectivity index (χ0) is 31.0. The van der Waals surface area contributed by atoms with E-state index in [4.69, 9.17) is 19.6 Å². The Hall–Kier alpha value is -3.31. The van der Waals surface area contributed by atoms with Crippen LogP contribution >= 0.6 is 0 Å². The summed E-state index contributed by atoms with van der Waals surface area (Å²) >= 11 is 0. The molecular weight excluding hydrogens is 561 g/mol. The zero-order valence-corrected chi connectivity index (χ0v) is 26.8. The molecule has 3 unspecified atom stereocenters. The molecule has 1 aliphatic rings. The van der Waals surface area contributed by atoms with Gasteiger partial charge in [0.1, 0.15) is 27.9 Å². The van der Waals surface area contributed by atoms with Crippen molar-refractivity contribution in [3.8, 4) is 0 Å². The third kappa shape index (κ3) is 7.00. The largest absolute Gasteiger partial charge is 0.373 e. The van der Waals surface area contributed by atoms with E-state index < -0.39 is 39.8 Å². The predicted molar refractivity (Wildman–Crippen MR) is 173 cm³/mol. The van der Waals surface area contributed by atoms with Crippen LogP contribution in [0.15, 0.2) is 97.6 Å². The summed E-state index contributed by atoms with van der Waals surface area (Å²) < 4.78 is 0. The molecule has 6 nitrogen and oxygen atoms in total. The van der Waals surface area contributed by atoms with E-state index in [0.29, 0.717) is 30.4 Å². The van der Waals surface area contributed by atoms with Crippen LogP contribution in [0.1, 0.15) is 53.8 Å². The fourth-order valence-electron chi connectivity index (χ4n) is 5.24. The molecule has 0 heterocycles. The average molecular weight is 603 g/mol. The van der Waals surface area contributed by atoms with E-state index in [1.165, 1.54) is 0 Å². The van der Waals surface area contributed by atoms with Crippen LogP contribution < -0.4 is 10.4 Å². The summed E-state index contributed by atoms with van der Waals surface area (Å²) in [6.45, 7) is 28.4. The lowest BCUT2D eigenvalue weighted by Crippen LogP contribution is -2.49. The van der Waals surface area contributed by atoms with Crippen LogP contribution in [0, 0.1) is 19.8 Å². The Labute approximate surface area is 252 Å². The summed E-state index contributed by atoms with van der Waals surface area (Å²) in [5, 5.41) is 2.21. The summed E-state index contributed by atoms with van der Waals surface area (Å²) in [5.41, 5.74) is 7.30. The topological polar surface area (TPSA) is 71.1 Å². The summed E-state index contributed by atoms with van der Waals surface area (Å²) in [6.07, 6.45) is 0.664. The Morgan fingerprint density at radius 2 is 1.24 bits per heavy atom. The first-order valence-electron chi connectivity index (χ1n) is 14.3. The van der Waals surface area contributed by atoms with Crippen molar-refractivity contribution in [1.29, 1.82) is 0 Å². The Bertz CT molecular complexity index is 1270. The third-order valence-corrected chi connectivity index (χ3v) is 16.6. The molecule has 1 saturated carbocycles. The molecule has 2 aromatic rings. The smallest absolute Gasteiger partial charge is 0.292 e. The summed E-state index contributed by atoms with van der Waals surface area (Å²) in [4.78, 5) is 47.3. The van der Waals surface area contributed by atoms with Crippen molar-refractivity contribution >= 4 is 38.5 Å². The maximum absolute atomic E-state index is 12.8. The van der Waals surface area contributed by atoms with Crippen LogP contribution in [-0.4, -0.2) is 39.8 Å².